The van der Waals surface area contributed by atoms with Crippen molar-refractivity contribution in [3.8, 4) is 0 Å². The largest absolute Gasteiger partial charge is 0.411 e. The maximum atomic E-state index is 12.3. The molecule has 0 radical (unpaired) electrons. The smallest absolute Gasteiger partial charge is 0.335 e. The van der Waals surface area contributed by atoms with Gasteiger partial charge in [0.25, 0.3) is 0 Å². The van der Waals surface area contributed by atoms with E-state index in [2.05, 4.69) is 15.5 Å². The van der Waals surface area contributed by atoms with E-state index in [0.717, 1.165) is 5.56 Å². The molecule has 1 amide bonds. The fraction of sp³-hybridized carbons (Fsp3) is 0.105. The highest BCUT2D eigenvalue weighted by Crippen LogP contribution is 2.15. The van der Waals surface area contributed by atoms with Crippen molar-refractivity contribution in [2.75, 3.05) is 0 Å². The molecule has 3 aromatic rings. The Labute approximate surface area is 156 Å². The zero-order chi connectivity index (χ0) is 19.1. The molecular formula is C19H17N3O4S. The van der Waals surface area contributed by atoms with Crippen molar-refractivity contribution in [3.63, 3.8) is 0 Å². The van der Waals surface area contributed by atoms with E-state index in [9.17, 15) is 13.2 Å². The third-order valence-electron chi connectivity index (χ3n) is 3.55. The minimum absolute atomic E-state index is 0.0168. The lowest BCUT2D eigenvalue weighted by molar-refractivity contribution is -0.116. The molecule has 0 saturated carbocycles. The van der Waals surface area contributed by atoms with Crippen LogP contribution >= 0.6 is 0 Å². The number of rotatable bonds is 7. The number of nitrogens with zero attached hydrogens (tertiary/aromatic N) is 2. The molecule has 27 heavy (non-hydrogen) atoms. The van der Waals surface area contributed by atoms with Crippen molar-refractivity contribution in [1.29, 1.82) is 0 Å². The van der Waals surface area contributed by atoms with Gasteiger partial charge in [0.15, 0.2) is 0 Å². The summed E-state index contributed by atoms with van der Waals surface area (Å²) in [5.41, 5.74) is 1.51. The van der Waals surface area contributed by atoms with Crippen LogP contribution in [0.4, 0.5) is 0 Å². The molecule has 0 unspecified atom stereocenters. The summed E-state index contributed by atoms with van der Waals surface area (Å²) in [6.45, 7) is -0.0637. The number of amides is 1. The van der Waals surface area contributed by atoms with E-state index in [-0.39, 0.29) is 24.1 Å². The van der Waals surface area contributed by atoms with Gasteiger partial charge in [0.2, 0.25) is 21.6 Å². The number of carbonyl (C=O) groups is 1. The lowest BCUT2D eigenvalue weighted by atomic mass is 10.2. The third kappa shape index (κ3) is 5.35. The number of aromatic nitrogens is 2. The molecular weight excluding hydrogens is 366 g/mol. The fourth-order valence-electron chi connectivity index (χ4n) is 2.25. The first-order chi connectivity index (χ1) is 13.0. The second-order valence-electron chi connectivity index (χ2n) is 5.67. The topological polar surface area (TPSA) is 102 Å². The zero-order valence-electron chi connectivity index (χ0n) is 14.3. The van der Waals surface area contributed by atoms with Crippen LogP contribution in [-0.4, -0.2) is 24.5 Å². The van der Waals surface area contributed by atoms with Crippen LogP contribution < -0.4 is 5.32 Å². The van der Waals surface area contributed by atoms with E-state index >= 15 is 0 Å². The van der Waals surface area contributed by atoms with E-state index in [1.807, 2.05) is 30.3 Å². The monoisotopic (exact) mass is 383 g/mol. The molecule has 0 aliphatic rings. The summed E-state index contributed by atoms with van der Waals surface area (Å²) in [6.07, 6.45) is 3.04. The second-order valence-corrected chi connectivity index (χ2v) is 7.54. The number of hydrogen-bond acceptors (Lipinski definition) is 6. The quantitative estimate of drug-likeness (QED) is 0.629. The van der Waals surface area contributed by atoms with Gasteiger partial charge in [-0.1, -0.05) is 65.8 Å². The van der Waals surface area contributed by atoms with Gasteiger partial charge in [-0.25, -0.2) is 8.42 Å². The average Bonchev–Trinajstić information content (AvgIpc) is 3.16. The van der Waals surface area contributed by atoms with Crippen molar-refractivity contribution < 1.29 is 17.6 Å². The molecule has 0 spiro atoms. The van der Waals surface area contributed by atoms with Gasteiger partial charge in [0, 0.05) is 6.08 Å². The first kappa shape index (κ1) is 18.5. The Hall–Kier alpha value is -3.26. The molecule has 2 aromatic carbocycles. The van der Waals surface area contributed by atoms with Crippen LogP contribution in [0.15, 0.2) is 76.4 Å². The van der Waals surface area contributed by atoms with Crippen LogP contribution in [0.2, 0.25) is 0 Å². The molecule has 1 aromatic heterocycles. The summed E-state index contributed by atoms with van der Waals surface area (Å²) in [4.78, 5) is 11.8. The SMILES string of the molecule is O=C(/C=C/c1ccccc1)NCc1nnc(S(=O)(=O)Cc2ccccc2)o1. The zero-order valence-corrected chi connectivity index (χ0v) is 15.1. The lowest BCUT2D eigenvalue weighted by Gasteiger charge is -2.00. The van der Waals surface area contributed by atoms with Gasteiger partial charge in [-0.3, -0.25) is 4.79 Å². The van der Waals surface area contributed by atoms with Crippen LogP contribution in [0, 0.1) is 0 Å². The van der Waals surface area contributed by atoms with Gasteiger partial charge >= 0.3 is 5.22 Å². The summed E-state index contributed by atoms with van der Waals surface area (Å²) >= 11 is 0. The average molecular weight is 383 g/mol. The van der Waals surface area contributed by atoms with Crippen LogP contribution in [0.5, 0.6) is 0 Å². The van der Waals surface area contributed by atoms with E-state index in [0.29, 0.717) is 5.56 Å². The van der Waals surface area contributed by atoms with Gasteiger partial charge in [-0.05, 0) is 17.2 Å². The highest BCUT2D eigenvalue weighted by atomic mass is 32.2. The summed E-state index contributed by atoms with van der Waals surface area (Å²) < 4.78 is 29.8. The number of sulfone groups is 1. The Balaban J connectivity index is 1.57. The van der Waals surface area contributed by atoms with Crippen molar-refractivity contribution in [1.82, 2.24) is 15.5 Å². The maximum absolute atomic E-state index is 12.3. The van der Waals surface area contributed by atoms with Crippen LogP contribution in [0.25, 0.3) is 6.08 Å². The second kappa shape index (κ2) is 8.41. The molecule has 7 nitrogen and oxygen atoms in total. The van der Waals surface area contributed by atoms with Crippen molar-refractivity contribution in [2.45, 2.75) is 17.5 Å². The molecule has 3 rings (SSSR count). The summed E-state index contributed by atoms with van der Waals surface area (Å²) in [5.74, 6) is -0.574. The highest BCUT2D eigenvalue weighted by Gasteiger charge is 2.23. The Morgan fingerprint density at radius 2 is 1.67 bits per heavy atom. The minimum atomic E-state index is -3.74. The third-order valence-corrected chi connectivity index (χ3v) is 4.96. The molecule has 0 fully saturated rings. The molecule has 1 heterocycles. The van der Waals surface area contributed by atoms with Crippen molar-refractivity contribution in [2.24, 2.45) is 0 Å². The van der Waals surface area contributed by atoms with Gasteiger partial charge in [0.05, 0.1) is 12.3 Å². The number of hydrogen-bond donors (Lipinski definition) is 1. The summed E-state index contributed by atoms with van der Waals surface area (Å²) in [6, 6.07) is 18.1. The Morgan fingerprint density at radius 1 is 1.00 bits per heavy atom. The molecule has 0 aliphatic carbocycles. The highest BCUT2D eigenvalue weighted by molar-refractivity contribution is 7.90. The lowest BCUT2D eigenvalue weighted by Crippen LogP contribution is -2.20. The Morgan fingerprint density at radius 3 is 2.37 bits per heavy atom. The number of nitrogens with one attached hydrogen (secondary N) is 1. The molecule has 138 valence electrons. The van der Waals surface area contributed by atoms with Gasteiger partial charge in [-0.2, -0.15) is 0 Å². The minimum Gasteiger partial charge on any atom is -0.411 e. The normalized spacial score (nSPS) is 11.6. The number of carbonyl (C=O) groups excluding carboxylic acids is 1. The molecule has 8 heteroatoms. The molecule has 0 saturated heterocycles. The van der Waals surface area contributed by atoms with Crippen LogP contribution in [0.1, 0.15) is 17.0 Å². The van der Waals surface area contributed by atoms with E-state index in [4.69, 9.17) is 4.42 Å². The van der Waals surface area contributed by atoms with Crippen LogP contribution in [-0.2, 0) is 26.9 Å². The van der Waals surface area contributed by atoms with Gasteiger partial charge in [0.1, 0.15) is 0 Å². The van der Waals surface area contributed by atoms with Crippen molar-refractivity contribution >= 4 is 21.8 Å². The predicted molar refractivity (Wildman–Crippen MR) is 99.0 cm³/mol. The molecule has 0 atom stereocenters. The van der Waals surface area contributed by atoms with Gasteiger partial charge < -0.3 is 9.73 Å². The molecule has 0 aliphatic heterocycles. The van der Waals surface area contributed by atoms with Gasteiger partial charge in [-0.15, -0.1) is 5.10 Å². The van der Waals surface area contributed by atoms with E-state index in [1.54, 1.807) is 36.4 Å². The summed E-state index contributed by atoms with van der Waals surface area (Å²) in [7, 11) is -3.74. The Bertz CT molecular complexity index is 1030. The molecule has 1 N–H and O–H groups in total. The number of benzene rings is 2. The van der Waals surface area contributed by atoms with Crippen LogP contribution in [0.3, 0.4) is 0 Å². The first-order valence-electron chi connectivity index (χ1n) is 8.13. The Kier molecular flexibility index (Phi) is 5.77. The van der Waals surface area contributed by atoms with E-state index < -0.39 is 15.1 Å². The fourth-order valence-corrected chi connectivity index (χ4v) is 3.39. The molecule has 0 bridgehead atoms. The van der Waals surface area contributed by atoms with E-state index in [1.165, 1.54) is 6.08 Å². The predicted octanol–water partition coefficient (Wildman–Crippen LogP) is 2.37. The standard InChI is InChI=1S/C19H17N3O4S/c23-17(12-11-15-7-3-1-4-8-15)20-13-18-21-22-19(26-18)27(24,25)14-16-9-5-2-6-10-16/h1-12H,13-14H2,(H,20,23)/b12-11+. The van der Waals surface area contributed by atoms with Crippen molar-refractivity contribution in [3.05, 3.63) is 83.8 Å². The first-order valence-corrected chi connectivity index (χ1v) is 9.78. The summed E-state index contributed by atoms with van der Waals surface area (Å²) in [5, 5.41) is 9.37. The maximum Gasteiger partial charge on any atom is 0.335 e.